The lowest BCUT2D eigenvalue weighted by Crippen LogP contribution is -2.35. The van der Waals surface area contributed by atoms with Crippen molar-refractivity contribution in [3.63, 3.8) is 0 Å². The second kappa shape index (κ2) is 10.0. The van der Waals surface area contributed by atoms with Crippen LogP contribution in [0.2, 0.25) is 10.0 Å². The standard InChI is InChI=1S/C23H19Cl2NO4S/c1-2-30-20-13-11-19(12-14-20)26(31(28,29)21-6-4-3-5-7-21)23(27)15-9-17-8-10-18(24)16-22(17)25/h3-16H,2H2,1H3/b15-9+. The zero-order valence-electron chi connectivity index (χ0n) is 16.5. The summed E-state index contributed by atoms with van der Waals surface area (Å²) in [4.78, 5) is 13.1. The summed E-state index contributed by atoms with van der Waals surface area (Å²) in [7, 11) is -4.16. The molecule has 5 nitrogen and oxygen atoms in total. The second-order valence-electron chi connectivity index (χ2n) is 6.35. The zero-order valence-corrected chi connectivity index (χ0v) is 18.9. The van der Waals surface area contributed by atoms with Gasteiger partial charge in [0.2, 0.25) is 0 Å². The number of hydrogen-bond donors (Lipinski definition) is 0. The molecule has 3 aromatic carbocycles. The van der Waals surface area contributed by atoms with Crippen molar-refractivity contribution in [3.05, 3.63) is 94.5 Å². The van der Waals surface area contributed by atoms with Crippen molar-refractivity contribution in [2.24, 2.45) is 0 Å². The van der Waals surface area contributed by atoms with Crippen molar-refractivity contribution in [1.29, 1.82) is 0 Å². The van der Waals surface area contributed by atoms with E-state index in [2.05, 4.69) is 0 Å². The Morgan fingerprint density at radius 2 is 1.68 bits per heavy atom. The number of ether oxygens (including phenoxy) is 1. The molecule has 0 saturated heterocycles. The van der Waals surface area contributed by atoms with Gasteiger partial charge in [0.25, 0.3) is 15.9 Å². The predicted molar refractivity (Wildman–Crippen MR) is 124 cm³/mol. The molecule has 0 heterocycles. The summed E-state index contributed by atoms with van der Waals surface area (Å²) < 4.78 is 32.8. The number of hydrogen-bond acceptors (Lipinski definition) is 4. The van der Waals surface area contributed by atoms with Gasteiger partial charge in [-0.05, 0) is 67.1 Å². The highest BCUT2D eigenvalue weighted by molar-refractivity contribution is 7.93. The number of sulfonamides is 1. The van der Waals surface area contributed by atoms with Gasteiger partial charge in [0.15, 0.2) is 0 Å². The van der Waals surface area contributed by atoms with E-state index >= 15 is 0 Å². The van der Waals surface area contributed by atoms with E-state index in [-0.39, 0.29) is 10.6 Å². The minimum atomic E-state index is -4.16. The molecule has 0 aliphatic carbocycles. The molecular weight excluding hydrogens is 457 g/mol. The SMILES string of the molecule is CCOc1ccc(N(C(=O)/C=C/c2ccc(Cl)cc2Cl)S(=O)(=O)c2ccccc2)cc1. The van der Waals surface area contributed by atoms with Crippen LogP contribution in [0.5, 0.6) is 5.75 Å². The first-order valence-electron chi connectivity index (χ1n) is 9.33. The fourth-order valence-electron chi connectivity index (χ4n) is 2.79. The molecule has 0 radical (unpaired) electrons. The number of rotatable bonds is 7. The van der Waals surface area contributed by atoms with Gasteiger partial charge in [-0.3, -0.25) is 4.79 Å². The molecular formula is C23H19Cl2NO4S. The van der Waals surface area contributed by atoms with Gasteiger partial charge in [-0.1, -0.05) is 47.5 Å². The van der Waals surface area contributed by atoms with Gasteiger partial charge in [0, 0.05) is 16.1 Å². The van der Waals surface area contributed by atoms with Crippen LogP contribution in [0.1, 0.15) is 12.5 Å². The predicted octanol–water partition coefficient (Wildman–Crippen LogP) is 5.83. The number of carbonyl (C=O) groups excluding carboxylic acids is 1. The molecule has 0 saturated carbocycles. The Hall–Kier alpha value is -2.80. The largest absolute Gasteiger partial charge is 0.494 e. The van der Waals surface area contributed by atoms with Crippen LogP contribution >= 0.6 is 23.2 Å². The van der Waals surface area contributed by atoms with Crippen LogP contribution in [0, 0.1) is 0 Å². The maximum atomic E-state index is 13.3. The highest BCUT2D eigenvalue weighted by Crippen LogP contribution is 2.27. The lowest BCUT2D eigenvalue weighted by molar-refractivity contribution is -0.113. The fourth-order valence-corrected chi connectivity index (χ4v) is 4.67. The third-order valence-corrected chi connectivity index (χ3v) is 6.53. The number of carbonyl (C=O) groups is 1. The minimum absolute atomic E-state index is 0.00448. The summed E-state index contributed by atoms with van der Waals surface area (Å²) in [5, 5.41) is 0.797. The number of anilines is 1. The van der Waals surface area contributed by atoms with E-state index in [0.29, 0.717) is 28.0 Å². The average molecular weight is 476 g/mol. The molecule has 8 heteroatoms. The highest BCUT2D eigenvalue weighted by Gasteiger charge is 2.29. The van der Waals surface area contributed by atoms with Crippen molar-refractivity contribution in [2.75, 3.05) is 10.9 Å². The summed E-state index contributed by atoms with van der Waals surface area (Å²) in [6.07, 6.45) is 2.61. The minimum Gasteiger partial charge on any atom is -0.494 e. The number of halogens is 2. The number of amides is 1. The van der Waals surface area contributed by atoms with E-state index < -0.39 is 15.9 Å². The summed E-state index contributed by atoms with van der Waals surface area (Å²) >= 11 is 12.0. The average Bonchev–Trinajstić information content (AvgIpc) is 2.75. The van der Waals surface area contributed by atoms with Gasteiger partial charge in [0.05, 0.1) is 17.2 Å². The van der Waals surface area contributed by atoms with Crippen molar-refractivity contribution in [1.82, 2.24) is 0 Å². The summed E-state index contributed by atoms with van der Waals surface area (Å²) in [6, 6.07) is 18.8. The Kier molecular flexibility index (Phi) is 7.38. The van der Waals surface area contributed by atoms with Gasteiger partial charge >= 0.3 is 0 Å². The number of benzene rings is 3. The number of nitrogens with zero attached hydrogens (tertiary/aromatic N) is 1. The Morgan fingerprint density at radius 1 is 1.00 bits per heavy atom. The molecule has 0 spiro atoms. The monoisotopic (exact) mass is 475 g/mol. The molecule has 0 unspecified atom stereocenters. The summed E-state index contributed by atoms with van der Waals surface area (Å²) in [5.41, 5.74) is 0.715. The van der Waals surface area contributed by atoms with E-state index in [4.69, 9.17) is 27.9 Å². The molecule has 31 heavy (non-hydrogen) atoms. The van der Waals surface area contributed by atoms with Crippen molar-refractivity contribution in [2.45, 2.75) is 11.8 Å². The Labute approximate surface area is 191 Å². The topological polar surface area (TPSA) is 63.7 Å². The lowest BCUT2D eigenvalue weighted by atomic mass is 10.2. The molecule has 0 atom stereocenters. The molecule has 0 aromatic heterocycles. The zero-order chi connectivity index (χ0) is 22.4. The smallest absolute Gasteiger partial charge is 0.271 e. The third kappa shape index (κ3) is 5.47. The maximum absolute atomic E-state index is 13.3. The van der Waals surface area contributed by atoms with Gasteiger partial charge < -0.3 is 4.74 Å². The van der Waals surface area contributed by atoms with Crippen LogP contribution in [0.25, 0.3) is 6.08 Å². The van der Waals surface area contributed by atoms with Crippen LogP contribution in [0.3, 0.4) is 0 Å². The fraction of sp³-hybridized carbons (Fsp3) is 0.0870. The Balaban J connectivity index is 2.02. The molecule has 0 fully saturated rings. The van der Waals surface area contributed by atoms with Crippen molar-refractivity contribution in [3.8, 4) is 5.75 Å². The van der Waals surface area contributed by atoms with Crippen LogP contribution in [-0.4, -0.2) is 20.9 Å². The maximum Gasteiger partial charge on any atom is 0.271 e. The van der Waals surface area contributed by atoms with E-state index in [0.717, 1.165) is 10.4 Å². The van der Waals surface area contributed by atoms with Gasteiger partial charge in [-0.25, -0.2) is 8.42 Å². The lowest BCUT2D eigenvalue weighted by Gasteiger charge is -2.21. The Bertz CT molecular complexity index is 1190. The first-order chi connectivity index (χ1) is 14.8. The molecule has 1 amide bonds. The van der Waals surface area contributed by atoms with Crippen LogP contribution in [-0.2, 0) is 14.8 Å². The Morgan fingerprint density at radius 3 is 2.29 bits per heavy atom. The molecule has 3 rings (SSSR count). The quantitative estimate of drug-likeness (QED) is 0.403. The van der Waals surface area contributed by atoms with E-state index in [1.54, 1.807) is 42.5 Å². The van der Waals surface area contributed by atoms with Gasteiger partial charge in [0.1, 0.15) is 5.75 Å². The summed E-state index contributed by atoms with van der Waals surface area (Å²) in [5.74, 6) is -0.182. The van der Waals surface area contributed by atoms with Crippen molar-refractivity contribution >= 4 is 50.9 Å². The first-order valence-corrected chi connectivity index (χ1v) is 11.5. The molecule has 0 N–H and O–H groups in total. The normalized spacial score (nSPS) is 11.5. The van der Waals surface area contributed by atoms with Crippen LogP contribution < -0.4 is 9.04 Å². The molecule has 0 aliphatic rings. The molecule has 0 bridgehead atoms. The van der Waals surface area contributed by atoms with E-state index in [1.165, 1.54) is 36.4 Å². The summed E-state index contributed by atoms with van der Waals surface area (Å²) in [6.45, 7) is 2.31. The van der Waals surface area contributed by atoms with Crippen molar-refractivity contribution < 1.29 is 17.9 Å². The second-order valence-corrected chi connectivity index (χ2v) is 8.98. The van der Waals surface area contributed by atoms with Crippen LogP contribution in [0.15, 0.2) is 83.8 Å². The highest BCUT2D eigenvalue weighted by atomic mass is 35.5. The molecule has 0 aliphatic heterocycles. The van der Waals surface area contributed by atoms with Gasteiger partial charge in [-0.2, -0.15) is 4.31 Å². The first kappa shape index (κ1) is 22.9. The van der Waals surface area contributed by atoms with E-state index in [1.807, 2.05) is 6.92 Å². The van der Waals surface area contributed by atoms with Gasteiger partial charge in [-0.15, -0.1) is 0 Å². The third-order valence-electron chi connectivity index (χ3n) is 4.23. The van der Waals surface area contributed by atoms with Crippen LogP contribution in [0.4, 0.5) is 5.69 Å². The molecule has 3 aromatic rings. The van der Waals surface area contributed by atoms with E-state index in [9.17, 15) is 13.2 Å². The molecule has 160 valence electrons.